The molecule has 2 rings (SSSR count). The number of nitrogens with one attached hydrogen (secondary N) is 2. The summed E-state index contributed by atoms with van der Waals surface area (Å²) in [6.45, 7) is 17.4. The van der Waals surface area contributed by atoms with Crippen molar-refractivity contribution in [3.8, 4) is 0 Å². The van der Waals surface area contributed by atoms with Gasteiger partial charge in [-0.05, 0) is 65.5 Å². The van der Waals surface area contributed by atoms with E-state index in [1.54, 1.807) is 0 Å². The average molecular weight is 389 g/mol. The Morgan fingerprint density at radius 1 is 1.21 bits per heavy atom. The topological polar surface area (TPSA) is 48.9 Å². The van der Waals surface area contributed by atoms with E-state index in [4.69, 9.17) is 9.73 Å². The molecule has 1 aromatic rings. The van der Waals surface area contributed by atoms with Gasteiger partial charge in [0, 0.05) is 31.7 Å². The first-order valence-corrected chi connectivity index (χ1v) is 10.8. The number of ether oxygens (including phenoxy) is 1. The van der Waals surface area contributed by atoms with Crippen molar-refractivity contribution >= 4 is 5.96 Å². The third-order valence-corrected chi connectivity index (χ3v) is 5.03. The molecule has 1 saturated heterocycles. The van der Waals surface area contributed by atoms with Crippen LogP contribution < -0.4 is 10.6 Å². The predicted octanol–water partition coefficient (Wildman–Crippen LogP) is 3.93. The Morgan fingerprint density at radius 2 is 1.89 bits per heavy atom. The zero-order valence-electron chi connectivity index (χ0n) is 18.7. The summed E-state index contributed by atoms with van der Waals surface area (Å²) in [4.78, 5) is 7.37. The monoisotopic (exact) mass is 388 g/mol. The van der Waals surface area contributed by atoms with Gasteiger partial charge >= 0.3 is 0 Å². The van der Waals surface area contributed by atoms with Crippen molar-refractivity contribution in [2.45, 2.75) is 85.2 Å². The second-order valence-corrected chi connectivity index (χ2v) is 8.96. The van der Waals surface area contributed by atoms with E-state index in [9.17, 15) is 0 Å². The lowest BCUT2D eigenvalue weighted by molar-refractivity contribution is -0.0149. The molecule has 0 amide bonds. The maximum Gasteiger partial charge on any atom is 0.191 e. The molecule has 1 aliphatic heterocycles. The minimum absolute atomic E-state index is 0.124. The highest BCUT2D eigenvalue weighted by atomic mass is 16.5. The summed E-state index contributed by atoms with van der Waals surface area (Å²) in [5.74, 6) is 0.918. The van der Waals surface area contributed by atoms with Gasteiger partial charge in [-0.15, -0.1) is 0 Å². The van der Waals surface area contributed by atoms with Gasteiger partial charge in [0.15, 0.2) is 5.96 Å². The Labute approximate surface area is 171 Å². The molecule has 5 nitrogen and oxygen atoms in total. The first-order valence-electron chi connectivity index (χ1n) is 10.8. The summed E-state index contributed by atoms with van der Waals surface area (Å²) in [5, 5.41) is 7.03. The van der Waals surface area contributed by atoms with E-state index in [0.717, 1.165) is 25.6 Å². The van der Waals surface area contributed by atoms with Crippen LogP contribution in [0.5, 0.6) is 0 Å². The van der Waals surface area contributed by atoms with E-state index >= 15 is 0 Å². The van der Waals surface area contributed by atoms with E-state index in [1.807, 2.05) is 0 Å². The number of piperidine rings is 1. The number of guanidine groups is 1. The van der Waals surface area contributed by atoms with Gasteiger partial charge in [0.25, 0.3) is 0 Å². The molecule has 0 atom stereocenters. The number of hydrogen-bond donors (Lipinski definition) is 2. The van der Waals surface area contributed by atoms with Crippen LogP contribution in [-0.2, 0) is 17.9 Å². The fraction of sp³-hybridized carbons (Fsp3) is 0.696. The molecular weight excluding hydrogens is 348 g/mol. The van der Waals surface area contributed by atoms with Crippen molar-refractivity contribution in [3.05, 3.63) is 35.4 Å². The molecule has 0 unspecified atom stereocenters. The summed E-state index contributed by atoms with van der Waals surface area (Å²) in [7, 11) is 0. The molecule has 0 saturated carbocycles. The molecule has 5 heteroatoms. The van der Waals surface area contributed by atoms with Gasteiger partial charge in [-0.3, -0.25) is 0 Å². The zero-order valence-corrected chi connectivity index (χ0v) is 18.7. The van der Waals surface area contributed by atoms with E-state index < -0.39 is 0 Å². The maximum atomic E-state index is 5.90. The lowest BCUT2D eigenvalue weighted by atomic mass is 10.0. The van der Waals surface area contributed by atoms with Gasteiger partial charge in [-0.2, -0.15) is 0 Å². The number of nitrogens with zero attached hydrogens (tertiary/aromatic N) is 2. The van der Waals surface area contributed by atoms with Crippen molar-refractivity contribution in [1.82, 2.24) is 15.5 Å². The van der Waals surface area contributed by atoms with Gasteiger partial charge in [0.05, 0.1) is 18.8 Å². The molecule has 0 spiro atoms. The maximum absolute atomic E-state index is 5.90. The molecule has 28 heavy (non-hydrogen) atoms. The first-order chi connectivity index (χ1) is 13.3. The van der Waals surface area contributed by atoms with Crippen LogP contribution in [0.3, 0.4) is 0 Å². The number of aliphatic imine (C=N–C) groups is 1. The largest absolute Gasteiger partial charge is 0.371 e. The number of rotatable bonds is 7. The first kappa shape index (κ1) is 22.7. The van der Waals surface area contributed by atoms with E-state index in [2.05, 4.69) is 81.3 Å². The van der Waals surface area contributed by atoms with Crippen molar-refractivity contribution in [1.29, 1.82) is 0 Å². The Balaban J connectivity index is 1.91. The molecule has 0 radical (unpaired) electrons. The molecule has 1 heterocycles. The smallest absolute Gasteiger partial charge is 0.191 e. The Bertz CT molecular complexity index is 613. The lowest BCUT2D eigenvalue weighted by Gasteiger charge is -2.35. The highest BCUT2D eigenvalue weighted by Crippen LogP contribution is 2.15. The number of benzene rings is 1. The van der Waals surface area contributed by atoms with Gasteiger partial charge < -0.3 is 20.3 Å². The third-order valence-electron chi connectivity index (χ3n) is 5.03. The van der Waals surface area contributed by atoms with E-state index in [0.29, 0.717) is 25.2 Å². The molecule has 1 fully saturated rings. The normalized spacial score (nSPS) is 17.2. The second-order valence-electron chi connectivity index (χ2n) is 8.96. The van der Waals surface area contributed by atoms with E-state index in [1.165, 1.54) is 24.0 Å². The molecule has 0 aromatic heterocycles. The Morgan fingerprint density at radius 3 is 2.50 bits per heavy atom. The average Bonchev–Trinajstić information content (AvgIpc) is 2.65. The van der Waals surface area contributed by atoms with Crippen LogP contribution in [0.25, 0.3) is 0 Å². The molecule has 158 valence electrons. The van der Waals surface area contributed by atoms with Crippen LogP contribution >= 0.6 is 0 Å². The van der Waals surface area contributed by atoms with Crippen LogP contribution in [0.4, 0.5) is 0 Å². The highest BCUT2D eigenvalue weighted by molar-refractivity contribution is 5.80. The Kier molecular flexibility index (Phi) is 8.77. The van der Waals surface area contributed by atoms with Gasteiger partial charge in [-0.25, -0.2) is 4.99 Å². The number of likely N-dealkylation sites (tertiary alicyclic amines) is 1. The lowest BCUT2D eigenvalue weighted by Crippen LogP contribution is -2.49. The van der Waals surface area contributed by atoms with Crippen LogP contribution in [0.2, 0.25) is 0 Å². The number of hydrogen-bond acceptors (Lipinski definition) is 3. The zero-order chi connectivity index (χ0) is 20.6. The van der Waals surface area contributed by atoms with Crippen LogP contribution in [0.1, 0.15) is 65.5 Å². The van der Waals surface area contributed by atoms with Crippen LogP contribution in [0.15, 0.2) is 29.3 Å². The summed E-state index contributed by atoms with van der Waals surface area (Å²) < 4.78 is 5.90. The summed E-state index contributed by atoms with van der Waals surface area (Å²) in [5.41, 5.74) is 2.28. The molecule has 0 bridgehead atoms. The predicted molar refractivity (Wildman–Crippen MR) is 119 cm³/mol. The molecular formula is C23H40N4O. The second kappa shape index (κ2) is 10.8. The summed E-state index contributed by atoms with van der Waals surface area (Å²) in [6.07, 6.45) is 2.34. The molecule has 1 aromatic carbocycles. The minimum atomic E-state index is -0.124. The third kappa shape index (κ3) is 8.19. The van der Waals surface area contributed by atoms with Crippen molar-refractivity contribution in [2.75, 3.05) is 19.6 Å². The van der Waals surface area contributed by atoms with E-state index in [-0.39, 0.29) is 5.60 Å². The highest BCUT2D eigenvalue weighted by Gasteiger charge is 2.21. The molecule has 2 N–H and O–H groups in total. The Hall–Kier alpha value is -1.59. The van der Waals surface area contributed by atoms with Gasteiger partial charge in [-0.1, -0.05) is 24.3 Å². The minimum Gasteiger partial charge on any atom is -0.371 e. The standard InChI is InChI=1S/C23H40N4O/c1-7-24-22(26-21-11-13-27(14-12-21)18(2)3)25-16-19-9-8-10-20(15-19)17-28-23(4,5)6/h8-10,15,18,21H,7,11-14,16-17H2,1-6H3,(H2,24,25,26). The fourth-order valence-electron chi connectivity index (χ4n) is 3.36. The SMILES string of the molecule is CCNC(=NCc1cccc(COC(C)(C)C)c1)NC1CCN(C(C)C)CC1. The van der Waals surface area contributed by atoms with Crippen LogP contribution in [0, 0.1) is 0 Å². The quantitative estimate of drug-likeness (QED) is 0.549. The van der Waals surface area contributed by atoms with Crippen molar-refractivity contribution < 1.29 is 4.74 Å². The van der Waals surface area contributed by atoms with Gasteiger partial charge in [0.1, 0.15) is 0 Å². The summed E-state index contributed by atoms with van der Waals surface area (Å²) >= 11 is 0. The van der Waals surface area contributed by atoms with Crippen LogP contribution in [-0.4, -0.2) is 48.2 Å². The molecule has 0 aliphatic carbocycles. The summed E-state index contributed by atoms with van der Waals surface area (Å²) in [6, 6.07) is 9.67. The van der Waals surface area contributed by atoms with Crippen molar-refractivity contribution in [3.63, 3.8) is 0 Å². The fourth-order valence-corrected chi connectivity index (χ4v) is 3.36. The van der Waals surface area contributed by atoms with Gasteiger partial charge in [0.2, 0.25) is 0 Å². The van der Waals surface area contributed by atoms with Crippen molar-refractivity contribution in [2.24, 2.45) is 4.99 Å². The molecule has 1 aliphatic rings.